The molecule has 0 radical (unpaired) electrons. The van der Waals surface area contributed by atoms with Crippen molar-refractivity contribution in [2.75, 3.05) is 0 Å². The molecule has 6 heterocycles. The molecule has 3 aromatic carbocycles. The van der Waals surface area contributed by atoms with Crippen LogP contribution in [0.25, 0.3) is 66.2 Å². The van der Waals surface area contributed by atoms with E-state index in [2.05, 4.69) is 137 Å². The topological polar surface area (TPSA) is 52.9 Å². The number of rotatable bonds is 3. The Bertz CT molecular complexity index is 2570. The average molecular weight is 609 g/mol. The number of hydrogen-bond donors (Lipinski definition) is 0. The van der Waals surface area contributed by atoms with E-state index in [9.17, 15) is 0 Å². The fraction of sp³-hybridized carbons (Fsp3) is 0.146. The summed E-state index contributed by atoms with van der Waals surface area (Å²) in [6, 6.07) is 34.6. The Morgan fingerprint density at radius 1 is 0.660 bits per heavy atom. The van der Waals surface area contributed by atoms with Gasteiger partial charge in [-0.2, -0.15) is 0 Å². The van der Waals surface area contributed by atoms with Gasteiger partial charge in [-0.15, -0.1) is 0 Å². The number of aliphatic imine (C=N–C) groups is 1. The quantitative estimate of drug-likeness (QED) is 0.200. The summed E-state index contributed by atoms with van der Waals surface area (Å²) in [4.78, 5) is 14.8. The van der Waals surface area contributed by atoms with Crippen molar-refractivity contribution < 1.29 is 0 Å². The Hall–Kier alpha value is -5.75. The first kappa shape index (κ1) is 26.5. The molecule has 2 atom stereocenters. The lowest BCUT2D eigenvalue weighted by Crippen LogP contribution is -2.32. The molecule has 0 spiro atoms. The van der Waals surface area contributed by atoms with Crippen molar-refractivity contribution in [2.24, 2.45) is 4.99 Å². The normalized spacial score (nSPS) is 19.6. The Labute approximate surface area is 271 Å². The largest absolute Gasteiger partial charge is 0.329 e. The first-order valence-electron chi connectivity index (χ1n) is 16.4. The van der Waals surface area contributed by atoms with E-state index in [-0.39, 0.29) is 0 Å². The van der Waals surface area contributed by atoms with Crippen LogP contribution in [-0.2, 0) is 5.54 Å². The maximum atomic E-state index is 4.99. The minimum atomic E-state index is -0.441. The van der Waals surface area contributed by atoms with Crippen LogP contribution in [0.15, 0.2) is 127 Å². The monoisotopic (exact) mass is 608 g/mol. The van der Waals surface area contributed by atoms with Gasteiger partial charge in [-0.1, -0.05) is 61.5 Å². The predicted molar refractivity (Wildman–Crippen MR) is 194 cm³/mol. The van der Waals surface area contributed by atoms with Crippen LogP contribution < -0.4 is 0 Å². The van der Waals surface area contributed by atoms with Crippen molar-refractivity contribution in [1.82, 2.24) is 23.7 Å². The summed E-state index contributed by atoms with van der Waals surface area (Å²) in [5, 5.41) is 3.52. The zero-order chi connectivity index (χ0) is 31.3. The zero-order valence-corrected chi connectivity index (χ0v) is 26.3. The number of para-hydroxylation sites is 3. The predicted octanol–water partition coefficient (Wildman–Crippen LogP) is 10.1. The fourth-order valence-corrected chi connectivity index (χ4v) is 8.37. The van der Waals surface area contributed by atoms with E-state index < -0.39 is 5.54 Å². The van der Waals surface area contributed by atoms with Gasteiger partial charge in [0.2, 0.25) is 0 Å². The molecule has 2 aliphatic rings. The SMILES string of the molecule is CC1CC=Nc2c1n(C1=CC(C)(n3c4ccccc4c4ncccc43)CC(n3c4ccccc4c4ncccc43)=C1)c1ccccc21. The van der Waals surface area contributed by atoms with Crippen LogP contribution in [0.5, 0.6) is 0 Å². The van der Waals surface area contributed by atoms with Gasteiger partial charge >= 0.3 is 0 Å². The van der Waals surface area contributed by atoms with Gasteiger partial charge in [0.25, 0.3) is 0 Å². The second kappa shape index (κ2) is 9.63. The molecule has 0 bridgehead atoms. The summed E-state index contributed by atoms with van der Waals surface area (Å²) >= 11 is 0. The number of pyridine rings is 2. The third-order valence-corrected chi connectivity index (χ3v) is 10.3. The van der Waals surface area contributed by atoms with Gasteiger partial charge in [-0.3, -0.25) is 15.0 Å². The highest BCUT2D eigenvalue weighted by Crippen LogP contribution is 2.48. The molecule has 0 N–H and O–H groups in total. The highest BCUT2D eigenvalue weighted by Gasteiger charge is 2.36. The van der Waals surface area contributed by atoms with Crippen molar-refractivity contribution >= 4 is 78.1 Å². The molecule has 1 aliphatic carbocycles. The lowest BCUT2D eigenvalue weighted by Gasteiger charge is -2.36. The third-order valence-electron chi connectivity index (χ3n) is 10.3. The summed E-state index contributed by atoms with van der Waals surface area (Å²) in [6.45, 7) is 4.70. The number of allylic oxidation sites excluding steroid dienone is 4. The van der Waals surface area contributed by atoms with Crippen molar-refractivity contribution in [2.45, 2.75) is 38.1 Å². The summed E-state index contributed by atoms with van der Waals surface area (Å²) < 4.78 is 7.44. The number of benzene rings is 3. The Kier molecular flexibility index (Phi) is 5.42. The van der Waals surface area contributed by atoms with E-state index in [4.69, 9.17) is 15.0 Å². The minimum Gasteiger partial charge on any atom is -0.329 e. The molecule has 1 aliphatic heterocycles. The average Bonchev–Trinajstić information content (AvgIpc) is 3.75. The molecule has 2 unspecified atom stereocenters. The summed E-state index contributed by atoms with van der Waals surface area (Å²) in [5.41, 5.74) is 12.1. The molecule has 0 saturated carbocycles. The molecular weight excluding hydrogens is 576 g/mol. The maximum absolute atomic E-state index is 4.99. The van der Waals surface area contributed by atoms with E-state index in [0.717, 1.165) is 57.2 Å². The van der Waals surface area contributed by atoms with Crippen LogP contribution in [0.3, 0.4) is 0 Å². The van der Waals surface area contributed by atoms with E-state index in [0.29, 0.717) is 5.92 Å². The van der Waals surface area contributed by atoms with E-state index in [1.165, 1.54) is 33.2 Å². The van der Waals surface area contributed by atoms with E-state index >= 15 is 0 Å². The van der Waals surface area contributed by atoms with Crippen LogP contribution in [0.4, 0.5) is 5.69 Å². The van der Waals surface area contributed by atoms with Gasteiger partial charge in [-0.25, -0.2) is 0 Å². The molecule has 47 heavy (non-hydrogen) atoms. The Balaban J connectivity index is 1.33. The molecule has 10 rings (SSSR count). The molecule has 8 aromatic rings. The summed E-state index contributed by atoms with van der Waals surface area (Å²) in [6.07, 6.45) is 12.5. The standard InChI is InChI=1S/C41H32N6/c1-26-19-22-44-39-30-12-4-7-15-33(30)46(40(26)39)28-23-27(45-32-14-6-3-11-29(32)37-35(45)17-9-20-42-37)24-41(2,25-28)47-34-16-8-5-13-31(34)38-36(47)18-10-21-43-38/h3-18,20-23,25-26H,19,24H2,1-2H3. The number of hydrogen-bond acceptors (Lipinski definition) is 3. The van der Waals surface area contributed by atoms with Gasteiger partial charge in [0.15, 0.2) is 0 Å². The van der Waals surface area contributed by atoms with Gasteiger partial charge in [0.05, 0.1) is 55.5 Å². The van der Waals surface area contributed by atoms with Crippen LogP contribution >= 0.6 is 0 Å². The first-order valence-corrected chi connectivity index (χ1v) is 16.4. The van der Waals surface area contributed by atoms with Gasteiger partial charge in [0, 0.05) is 58.5 Å². The zero-order valence-electron chi connectivity index (χ0n) is 26.3. The van der Waals surface area contributed by atoms with Crippen molar-refractivity contribution in [3.8, 4) is 0 Å². The van der Waals surface area contributed by atoms with E-state index in [1.54, 1.807) is 0 Å². The highest BCUT2D eigenvalue weighted by atomic mass is 15.1. The number of nitrogens with zero attached hydrogens (tertiary/aromatic N) is 6. The maximum Gasteiger partial charge on any atom is 0.0963 e. The van der Waals surface area contributed by atoms with Crippen LogP contribution in [0.1, 0.15) is 38.3 Å². The van der Waals surface area contributed by atoms with Crippen molar-refractivity contribution in [3.05, 3.63) is 127 Å². The second-order valence-corrected chi connectivity index (χ2v) is 13.2. The van der Waals surface area contributed by atoms with Gasteiger partial charge in [-0.05, 0) is 68.0 Å². The Morgan fingerprint density at radius 3 is 2.02 bits per heavy atom. The highest BCUT2D eigenvalue weighted by molar-refractivity contribution is 6.09. The molecule has 6 heteroatoms. The number of fused-ring (bicyclic) bond motifs is 9. The van der Waals surface area contributed by atoms with Gasteiger partial charge < -0.3 is 13.7 Å². The molecule has 5 aromatic heterocycles. The van der Waals surface area contributed by atoms with Crippen molar-refractivity contribution in [3.63, 3.8) is 0 Å². The molecule has 0 amide bonds. The molecule has 226 valence electrons. The van der Waals surface area contributed by atoms with Crippen LogP contribution in [0, 0.1) is 0 Å². The second-order valence-electron chi connectivity index (χ2n) is 13.2. The smallest absolute Gasteiger partial charge is 0.0963 e. The third kappa shape index (κ3) is 3.64. The van der Waals surface area contributed by atoms with Crippen LogP contribution in [0.2, 0.25) is 0 Å². The van der Waals surface area contributed by atoms with Crippen LogP contribution in [-0.4, -0.2) is 29.9 Å². The van der Waals surface area contributed by atoms with Gasteiger partial charge in [0.1, 0.15) is 0 Å². The Morgan fingerprint density at radius 2 is 1.26 bits per heavy atom. The lowest BCUT2D eigenvalue weighted by atomic mass is 9.88. The summed E-state index contributed by atoms with van der Waals surface area (Å²) in [7, 11) is 0. The number of aromatic nitrogens is 5. The van der Waals surface area contributed by atoms with Crippen molar-refractivity contribution in [1.29, 1.82) is 0 Å². The lowest BCUT2D eigenvalue weighted by molar-refractivity contribution is 0.439. The fourth-order valence-electron chi connectivity index (χ4n) is 8.37. The summed E-state index contributed by atoms with van der Waals surface area (Å²) in [5.74, 6) is 0.329. The van der Waals surface area contributed by atoms with E-state index in [1.807, 2.05) is 18.5 Å². The minimum absolute atomic E-state index is 0.329. The first-order chi connectivity index (χ1) is 23.1. The molecule has 6 nitrogen and oxygen atoms in total. The molecule has 0 fully saturated rings. The molecular formula is C41H32N6. The molecule has 0 saturated heterocycles.